The molecule has 0 saturated heterocycles. The van der Waals surface area contributed by atoms with Crippen molar-refractivity contribution in [2.75, 3.05) is 0 Å². The van der Waals surface area contributed by atoms with E-state index >= 15 is 0 Å². The summed E-state index contributed by atoms with van der Waals surface area (Å²) < 4.78 is 6.28. The number of ether oxygens (including phenoxy) is 1. The fraction of sp³-hybridized carbons (Fsp3) is 0.393. The lowest BCUT2D eigenvalue weighted by Crippen LogP contribution is -2.17. The monoisotopic (exact) mass is 526 g/mol. The zero-order valence-electron chi connectivity index (χ0n) is 20.0. The molecule has 0 bridgehead atoms. The molecule has 0 spiro atoms. The number of amides is 1. The van der Waals surface area contributed by atoms with Crippen LogP contribution in [0.15, 0.2) is 64.2 Å². The zero-order chi connectivity index (χ0) is 24.4. The topological polar surface area (TPSA) is 67.8 Å². The van der Waals surface area contributed by atoms with Gasteiger partial charge in [-0.25, -0.2) is 10.2 Å². The van der Waals surface area contributed by atoms with Crippen LogP contribution >= 0.6 is 15.9 Å². The van der Waals surface area contributed by atoms with E-state index in [1.165, 1.54) is 57.2 Å². The minimum atomic E-state index is -0.491. The largest absolute Gasteiger partial charge is 0.423 e. The van der Waals surface area contributed by atoms with E-state index in [1.54, 1.807) is 24.3 Å². The third-order valence-electron chi connectivity index (χ3n) is 5.29. The van der Waals surface area contributed by atoms with E-state index < -0.39 is 5.97 Å². The van der Waals surface area contributed by atoms with Gasteiger partial charge in [0, 0.05) is 22.5 Å². The number of hydrogen-bond acceptors (Lipinski definition) is 4. The molecular weight excluding hydrogens is 492 g/mol. The normalized spacial score (nSPS) is 11.2. The summed E-state index contributed by atoms with van der Waals surface area (Å²) in [7, 11) is 0. The molecule has 2 aromatic carbocycles. The summed E-state index contributed by atoms with van der Waals surface area (Å²) in [4.78, 5) is 24.3. The molecule has 0 unspecified atom stereocenters. The number of halogens is 1. The third kappa shape index (κ3) is 11.9. The SMILES string of the molecule is CCCCCCCCCCCC(=O)N/N=C/c1cc(Br)ccc1OC(=O)/C=C/c1ccccc1. The highest BCUT2D eigenvalue weighted by atomic mass is 79.9. The van der Waals surface area contributed by atoms with Crippen LogP contribution in [0.25, 0.3) is 6.08 Å². The van der Waals surface area contributed by atoms with E-state index in [-0.39, 0.29) is 5.91 Å². The average molecular weight is 528 g/mol. The van der Waals surface area contributed by atoms with Gasteiger partial charge in [0.05, 0.1) is 6.21 Å². The molecule has 1 amide bonds. The number of nitrogens with zero attached hydrogens (tertiary/aromatic N) is 1. The number of benzene rings is 2. The molecule has 0 atom stereocenters. The Balaban J connectivity index is 1.75. The molecule has 0 radical (unpaired) electrons. The second-order valence-electron chi connectivity index (χ2n) is 8.22. The molecule has 2 aromatic rings. The first kappa shape index (κ1) is 27.5. The first-order valence-corrected chi connectivity index (χ1v) is 12.9. The highest BCUT2D eigenvalue weighted by molar-refractivity contribution is 9.10. The predicted molar refractivity (Wildman–Crippen MR) is 143 cm³/mol. The molecule has 34 heavy (non-hydrogen) atoms. The number of esters is 1. The molecule has 0 aliphatic rings. The molecular formula is C28H35BrN2O3. The van der Waals surface area contributed by atoms with Gasteiger partial charge in [0.15, 0.2) is 0 Å². The molecule has 0 aromatic heterocycles. The van der Waals surface area contributed by atoms with Gasteiger partial charge in [-0.05, 0) is 36.3 Å². The summed E-state index contributed by atoms with van der Waals surface area (Å²) >= 11 is 3.41. The lowest BCUT2D eigenvalue weighted by molar-refractivity contribution is -0.129. The van der Waals surface area contributed by atoms with Crippen molar-refractivity contribution in [3.63, 3.8) is 0 Å². The molecule has 0 heterocycles. The summed E-state index contributed by atoms with van der Waals surface area (Å²) in [6, 6.07) is 14.8. The van der Waals surface area contributed by atoms with Crippen molar-refractivity contribution in [2.45, 2.75) is 71.1 Å². The molecule has 182 valence electrons. The van der Waals surface area contributed by atoms with E-state index in [0.29, 0.717) is 17.7 Å². The van der Waals surface area contributed by atoms with Crippen LogP contribution in [0.1, 0.15) is 82.3 Å². The Labute approximate surface area is 211 Å². The fourth-order valence-electron chi connectivity index (χ4n) is 3.41. The van der Waals surface area contributed by atoms with E-state index in [9.17, 15) is 9.59 Å². The summed E-state index contributed by atoms with van der Waals surface area (Å²) in [6.45, 7) is 2.23. The highest BCUT2D eigenvalue weighted by Gasteiger charge is 2.07. The van der Waals surface area contributed by atoms with Gasteiger partial charge in [-0.1, -0.05) is 105 Å². The molecule has 0 saturated carbocycles. The number of hydrazone groups is 1. The quantitative estimate of drug-likeness (QED) is 0.0654. The maximum absolute atomic E-state index is 12.2. The standard InChI is InChI=1S/C28H35BrN2O3/c1-2-3-4-5-6-7-8-9-13-16-27(32)31-30-22-24-21-25(29)18-19-26(24)34-28(33)20-17-23-14-11-10-12-15-23/h10-12,14-15,17-22H,2-9,13,16H2,1H3,(H,31,32)/b20-17+,30-22+. The van der Waals surface area contributed by atoms with Crippen LogP contribution in [0, 0.1) is 0 Å². The van der Waals surface area contributed by atoms with Gasteiger partial charge in [-0.2, -0.15) is 5.10 Å². The van der Waals surface area contributed by atoms with Gasteiger partial charge in [-0.3, -0.25) is 4.79 Å². The second-order valence-corrected chi connectivity index (χ2v) is 9.13. The van der Waals surface area contributed by atoms with Gasteiger partial charge in [-0.15, -0.1) is 0 Å². The van der Waals surface area contributed by atoms with Crippen molar-refractivity contribution < 1.29 is 14.3 Å². The number of nitrogens with one attached hydrogen (secondary N) is 1. The Bertz CT molecular complexity index is 942. The van der Waals surface area contributed by atoms with Gasteiger partial charge in [0.1, 0.15) is 5.75 Å². The summed E-state index contributed by atoms with van der Waals surface area (Å²) in [5.41, 5.74) is 4.06. The fourth-order valence-corrected chi connectivity index (χ4v) is 3.79. The molecule has 0 aliphatic heterocycles. The summed E-state index contributed by atoms with van der Waals surface area (Å²) in [5, 5.41) is 4.05. The second kappa shape index (κ2) is 16.8. The Morgan fingerprint density at radius 2 is 1.62 bits per heavy atom. The van der Waals surface area contributed by atoms with Crippen molar-refractivity contribution in [1.82, 2.24) is 5.43 Å². The Morgan fingerprint density at radius 1 is 0.941 bits per heavy atom. The van der Waals surface area contributed by atoms with E-state index in [2.05, 4.69) is 33.4 Å². The minimum absolute atomic E-state index is 0.112. The summed E-state index contributed by atoms with van der Waals surface area (Å²) in [5.74, 6) is -0.239. The van der Waals surface area contributed by atoms with Crippen molar-refractivity contribution >= 4 is 40.1 Å². The molecule has 0 aliphatic carbocycles. The van der Waals surface area contributed by atoms with Crippen molar-refractivity contribution in [1.29, 1.82) is 0 Å². The van der Waals surface area contributed by atoms with Crippen molar-refractivity contribution in [3.05, 3.63) is 70.2 Å². The molecule has 0 fully saturated rings. The van der Waals surface area contributed by atoms with E-state index in [0.717, 1.165) is 22.9 Å². The molecule has 6 heteroatoms. The number of carbonyl (C=O) groups excluding carboxylic acids is 2. The molecule has 1 N–H and O–H groups in total. The molecule has 5 nitrogen and oxygen atoms in total. The van der Waals surface area contributed by atoms with Gasteiger partial charge in [0.25, 0.3) is 0 Å². The van der Waals surface area contributed by atoms with E-state index in [4.69, 9.17) is 4.74 Å². The van der Waals surface area contributed by atoms with Crippen LogP contribution < -0.4 is 10.2 Å². The smallest absolute Gasteiger partial charge is 0.336 e. The van der Waals surface area contributed by atoms with Crippen LogP contribution in [0.4, 0.5) is 0 Å². The number of rotatable bonds is 15. The zero-order valence-corrected chi connectivity index (χ0v) is 21.6. The van der Waals surface area contributed by atoms with E-state index in [1.807, 2.05) is 30.3 Å². The van der Waals surface area contributed by atoms with Crippen LogP contribution in [-0.4, -0.2) is 18.1 Å². The maximum atomic E-state index is 12.2. The first-order valence-electron chi connectivity index (χ1n) is 12.1. The number of unbranched alkanes of at least 4 members (excludes halogenated alkanes) is 8. The minimum Gasteiger partial charge on any atom is -0.423 e. The number of carbonyl (C=O) groups is 2. The average Bonchev–Trinajstić information content (AvgIpc) is 2.84. The predicted octanol–water partition coefficient (Wildman–Crippen LogP) is 7.44. The Kier molecular flexibility index (Phi) is 13.6. The van der Waals surface area contributed by atoms with Gasteiger partial charge < -0.3 is 4.74 Å². The van der Waals surface area contributed by atoms with Gasteiger partial charge in [0.2, 0.25) is 5.91 Å². The van der Waals surface area contributed by atoms with Crippen LogP contribution in [0.3, 0.4) is 0 Å². The Hall–Kier alpha value is -2.73. The molecule has 2 rings (SSSR count). The highest BCUT2D eigenvalue weighted by Crippen LogP contribution is 2.22. The lowest BCUT2D eigenvalue weighted by Gasteiger charge is -2.06. The summed E-state index contributed by atoms with van der Waals surface area (Å²) in [6.07, 6.45) is 15.9. The van der Waals surface area contributed by atoms with Crippen LogP contribution in [0.5, 0.6) is 5.75 Å². The lowest BCUT2D eigenvalue weighted by atomic mass is 10.1. The first-order chi connectivity index (χ1) is 16.6. The van der Waals surface area contributed by atoms with Crippen LogP contribution in [0.2, 0.25) is 0 Å². The van der Waals surface area contributed by atoms with Gasteiger partial charge >= 0.3 is 5.97 Å². The number of hydrogen-bond donors (Lipinski definition) is 1. The third-order valence-corrected chi connectivity index (χ3v) is 5.79. The Morgan fingerprint density at radius 3 is 2.32 bits per heavy atom. The van der Waals surface area contributed by atoms with Crippen LogP contribution in [-0.2, 0) is 9.59 Å². The van der Waals surface area contributed by atoms with Crippen molar-refractivity contribution in [3.8, 4) is 5.75 Å². The maximum Gasteiger partial charge on any atom is 0.336 e. The van der Waals surface area contributed by atoms with Crippen molar-refractivity contribution in [2.24, 2.45) is 5.10 Å².